The summed E-state index contributed by atoms with van der Waals surface area (Å²) in [7, 11) is 0. The lowest BCUT2D eigenvalue weighted by atomic mass is 10.1. The van der Waals surface area contributed by atoms with Crippen molar-refractivity contribution in [3.63, 3.8) is 0 Å². The number of ether oxygens (including phenoxy) is 3. The van der Waals surface area contributed by atoms with Gasteiger partial charge in [-0.2, -0.15) is 0 Å². The molecule has 2 aliphatic rings. The van der Waals surface area contributed by atoms with E-state index in [1.54, 1.807) is 9.13 Å². The first-order valence-corrected chi connectivity index (χ1v) is 16.0. The number of nitrogens with zero attached hydrogens (tertiary/aromatic N) is 9. The number of hydrogen-bond acceptors (Lipinski definition) is 16. The molecule has 0 bridgehead atoms. The predicted octanol–water partition coefficient (Wildman–Crippen LogP) is -0.980. The molecular weight excluding hydrogens is 638 g/mol. The minimum absolute atomic E-state index is 0.159. The zero-order valence-corrected chi connectivity index (χ0v) is 26.5. The van der Waals surface area contributed by atoms with Gasteiger partial charge in [0.05, 0.1) is 25.9 Å². The summed E-state index contributed by atoms with van der Waals surface area (Å²) >= 11 is 0. The van der Waals surface area contributed by atoms with Crippen LogP contribution in [0.25, 0.3) is 22.3 Å². The summed E-state index contributed by atoms with van der Waals surface area (Å²) in [4.78, 5) is 27.1. The molecule has 0 amide bonds. The van der Waals surface area contributed by atoms with E-state index in [2.05, 4.69) is 46.9 Å². The van der Waals surface area contributed by atoms with Gasteiger partial charge in [0.25, 0.3) is 0 Å². The van der Waals surface area contributed by atoms with Crippen LogP contribution in [0.5, 0.6) is 0 Å². The molecule has 8 N–H and O–H groups in total. The number of aromatic nitrogens is 8. The van der Waals surface area contributed by atoms with E-state index in [4.69, 9.17) is 25.7 Å². The zero-order chi connectivity index (χ0) is 34.1. The first-order chi connectivity index (χ1) is 23.8. The predicted molar refractivity (Wildman–Crippen MR) is 173 cm³/mol. The van der Waals surface area contributed by atoms with E-state index in [-0.39, 0.29) is 24.8 Å². The fourth-order valence-electron chi connectivity index (χ4n) is 6.51. The normalized spacial score (nSPS) is 27.2. The van der Waals surface area contributed by atoms with Crippen molar-refractivity contribution >= 4 is 34.0 Å². The fraction of sp³-hybridized carbons (Fsp3) is 0.484. The number of imidazole rings is 2. The highest BCUT2D eigenvalue weighted by Crippen LogP contribution is 2.35. The van der Waals surface area contributed by atoms with Gasteiger partial charge >= 0.3 is 0 Å². The number of rotatable bonds is 13. The molecule has 6 heterocycles. The maximum Gasteiger partial charge on any atom is 0.167 e. The molecule has 49 heavy (non-hydrogen) atoms. The molecule has 0 spiro atoms. The minimum Gasteiger partial charge on any atom is -0.394 e. The van der Waals surface area contributed by atoms with E-state index in [1.165, 1.54) is 30.9 Å². The Morgan fingerprint density at radius 1 is 0.755 bits per heavy atom. The summed E-state index contributed by atoms with van der Waals surface area (Å²) in [5.74, 6) is 0.397. The molecule has 0 unspecified atom stereocenters. The molecule has 1 aromatic carbocycles. The maximum atomic E-state index is 11.1. The van der Waals surface area contributed by atoms with E-state index in [0.717, 1.165) is 12.8 Å². The minimum atomic E-state index is -1.26. The van der Waals surface area contributed by atoms with Gasteiger partial charge in [-0.1, -0.05) is 30.3 Å². The second-order valence-electron chi connectivity index (χ2n) is 12.2. The number of anilines is 2. The van der Waals surface area contributed by atoms with Gasteiger partial charge in [-0.3, -0.25) is 14.0 Å². The van der Waals surface area contributed by atoms with Crippen molar-refractivity contribution in [2.24, 2.45) is 0 Å². The van der Waals surface area contributed by atoms with Gasteiger partial charge in [0.1, 0.15) is 60.3 Å². The molecule has 5 aromatic rings. The summed E-state index contributed by atoms with van der Waals surface area (Å²) in [6, 6.07) is 10.1. The molecule has 2 fully saturated rings. The standard InChI is InChI=1S/C31H39N11O7/c32-26-20-28(36-13-34-26)41(15-38-20)30-24(46)22(44)18(48-30)11-40(8-4-7-17-5-2-1-3-6-17)9-10-47-25-23(45)19(12-43)49-31(25)42-16-39-21-27(33)35-14-37-29(21)42/h1-3,5-6,13-16,18-19,22-25,30-31,43-46H,4,7-12H2,(H2,32,34,36)(H2,33,35,37)/t18-,19-,22-,23-,24-,25-,30-,31-/m1/s1. The fourth-order valence-corrected chi connectivity index (χ4v) is 6.51. The van der Waals surface area contributed by atoms with Crippen molar-refractivity contribution in [2.45, 2.75) is 61.9 Å². The smallest absolute Gasteiger partial charge is 0.167 e. The molecule has 260 valence electrons. The van der Waals surface area contributed by atoms with Crippen LogP contribution >= 0.6 is 0 Å². The van der Waals surface area contributed by atoms with Crippen LogP contribution < -0.4 is 11.5 Å². The average molecular weight is 678 g/mol. The van der Waals surface area contributed by atoms with Crippen molar-refractivity contribution in [3.8, 4) is 0 Å². The Balaban J connectivity index is 1.06. The Morgan fingerprint density at radius 2 is 1.39 bits per heavy atom. The molecule has 0 radical (unpaired) electrons. The molecule has 0 saturated carbocycles. The van der Waals surface area contributed by atoms with E-state index >= 15 is 0 Å². The molecule has 2 saturated heterocycles. The summed E-state index contributed by atoms with van der Waals surface area (Å²) in [6.45, 7) is 1.02. The number of aliphatic hydroxyl groups excluding tert-OH is 4. The van der Waals surface area contributed by atoms with Crippen LogP contribution in [0.15, 0.2) is 55.6 Å². The Labute approximate surface area is 279 Å². The topological polar surface area (TPSA) is 251 Å². The molecular formula is C31H39N11O7. The van der Waals surface area contributed by atoms with Crippen LogP contribution in [0.4, 0.5) is 11.6 Å². The molecule has 8 atom stereocenters. The number of nitrogen functional groups attached to an aromatic ring is 2. The van der Waals surface area contributed by atoms with Gasteiger partial charge in [-0.15, -0.1) is 0 Å². The molecule has 2 aliphatic heterocycles. The van der Waals surface area contributed by atoms with Gasteiger partial charge in [0, 0.05) is 13.1 Å². The largest absolute Gasteiger partial charge is 0.394 e. The highest BCUT2D eigenvalue weighted by atomic mass is 16.6. The number of benzene rings is 1. The van der Waals surface area contributed by atoms with Crippen molar-refractivity contribution in [1.82, 2.24) is 43.9 Å². The molecule has 18 heteroatoms. The van der Waals surface area contributed by atoms with Crippen LogP contribution in [0.3, 0.4) is 0 Å². The molecule has 7 rings (SSSR count). The van der Waals surface area contributed by atoms with Crippen LogP contribution in [-0.2, 0) is 20.6 Å². The SMILES string of the molecule is Nc1ncnc2c1ncn2[C@@H]1O[C@H](CN(CCCc2ccccc2)CCO[C@@H]2[C@H](O)[C@@H](CO)O[C@H]2n2cnc3c(N)ncnc32)[C@@H](O)[C@H]1O. The monoisotopic (exact) mass is 677 g/mol. The number of aliphatic hydroxyl groups is 4. The summed E-state index contributed by atoms with van der Waals surface area (Å²) < 4.78 is 21.6. The Hall–Kier alpha value is -4.40. The van der Waals surface area contributed by atoms with Crippen molar-refractivity contribution < 1.29 is 34.6 Å². The average Bonchev–Trinajstić information content (AvgIpc) is 3.87. The third-order valence-corrected chi connectivity index (χ3v) is 9.09. The Kier molecular flexibility index (Phi) is 9.61. The first kappa shape index (κ1) is 33.1. The van der Waals surface area contributed by atoms with Crippen LogP contribution in [0, 0.1) is 0 Å². The molecule has 0 aliphatic carbocycles. The Morgan fingerprint density at radius 3 is 2.04 bits per heavy atom. The number of fused-ring (bicyclic) bond motifs is 2. The Bertz CT molecular complexity index is 1860. The van der Waals surface area contributed by atoms with E-state index < -0.39 is 55.7 Å². The second kappa shape index (κ2) is 14.2. The van der Waals surface area contributed by atoms with E-state index in [1.807, 2.05) is 18.2 Å². The zero-order valence-electron chi connectivity index (χ0n) is 26.5. The number of nitrogens with two attached hydrogens (primary N) is 2. The van der Waals surface area contributed by atoms with Gasteiger partial charge in [0.2, 0.25) is 0 Å². The molecule has 18 nitrogen and oxygen atoms in total. The lowest BCUT2D eigenvalue weighted by molar-refractivity contribution is -0.0777. The van der Waals surface area contributed by atoms with Crippen LogP contribution in [0.1, 0.15) is 24.4 Å². The van der Waals surface area contributed by atoms with Crippen LogP contribution in [-0.4, -0.2) is 134 Å². The van der Waals surface area contributed by atoms with Crippen molar-refractivity contribution in [3.05, 3.63) is 61.2 Å². The second-order valence-corrected chi connectivity index (χ2v) is 12.2. The first-order valence-electron chi connectivity index (χ1n) is 16.0. The maximum absolute atomic E-state index is 11.1. The summed E-state index contributed by atoms with van der Waals surface area (Å²) in [5, 5.41) is 43.1. The van der Waals surface area contributed by atoms with E-state index in [0.29, 0.717) is 35.4 Å². The molecule has 4 aromatic heterocycles. The highest BCUT2D eigenvalue weighted by molar-refractivity contribution is 5.81. The van der Waals surface area contributed by atoms with Crippen molar-refractivity contribution in [2.75, 3.05) is 44.3 Å². The number of hydrogen-bond donors (Lipinski definition) is 6. The van der Waals surface area contributed by atoms with Gasteiger partial charge in [-0.25, -0.2) is 29.9 Å². The third-order valence-electron chi connectivity index (χ3n) is 9.09. The van der Waals surface area contributed by atoms with Gasteiger partial charge in [0.15, 0.2) is 35.4 Å². The van der Waals surface area contributed by atoms with E-state index in [9.17, 15) is 20.4 Å². The lowest BCUT2D eigenvalue weighted by Crippen LogP contribution is -2.43. The van der Waals surface area contributed by atoms with Crippen molar-refractivity contribution in [1.29, 1.82) is 0 Å². The number of aryl methyl sites for hydroxylation is 1. The summed E-state index contributed by atoms with van der Waals surface area (Å²) in [5.41, 5.74) is 14.6. The third kappa shape index (κ3) is 6.52. The highest BCUT2D eigenvalue weighted by Gasteiger charge is 2.47. The van der Waals surface area contributed by atoms with Gasteiger partial charge < -0.3 is 46.1 Å². The quantitative estimate of drug-likeness (QED) is 0.0876. The van der Waals surface area contributed by atoms with Crippen LogP contribution in [0.2, 0.25) is 0 Å². The van der Waals surface area contributed by atoms with Gasteiger partial charge in [-0.05, 0) is 24.9 Å². The summed E-state index contributed by atoms with van der Waals surface area (Å²) in [6.07, 6.45) is -0.749. The lowest BCUT2D eigenvalue weighted by Gasteiger charge is -2.28.